The molecule has 0 atom stereocenters. The third kappa shape index (κ3) is 3.75. The minimum atomic E-state index is -0.470. The molecule has 2 aromatic carbocycles. The highest BCUT2D eigenvalue weighted by Crippen LogP contribution is 2.24. The second kappa shape index (κ2) is 7.41. The van der Waals surface area contributed by atoms with Crippen LogP contribution in [0.2, 0.25) is 5.02 Å². The molecule has 132 valence electrons. The van der Waals surface area contributed by atoms with Crippen LogP contribution in [0.25, 0.3) is 11.3 Å². The van der Waals surface area contributed by atoms with Crippen molar-refractivity contribution in [2.45, 2.75) is 0 Å². The fourth-order valence-electron chi connectivity index (χ4n) is 2.33. The smallest absolute Gasteiger partial charge is 0.291 e. The lowest BCUT2D eigenvalue weighted by Gasteiger charge is -2.07. The summed E-state index contributed by atoms with van der Waals surface area (Å²) in [5, 5.41) is 5.35. The zero-order valence-electron chi connectivity index (χ0n) is 13.7. The van der Waals surface area contributed by atoms with Crippen molar-refractivity contribution in [2.24, 2.45) is 0 Å². The van der Waals surface area contributed by atoms with Gasteiger partial charge in [0.25, 0.3) is 11.8 Å². The zero-order valence-corrected chi connectivity index (χ0v) is 14.4. The van der Waals surface area contributed by atoms with Crippen molar-refractivity contribution in [1.29, 1.82) is 0 Å². The van der Waals surface area contributed by atoms with Crippen LogP contribution in [0.3, 0.4) is 0 Å². The highest BCUT2D eigenvalue weighted by atomic mass is 35.5. The number of halogens is 2. The molecule has 5 nitrogen and oxygen atoms in total. The van der Waals surface area contributed by atoms with Crippen LogP contribution in [0.5, 0.6) is 0 Å². The lowest BCUT2D eigenvalue weighted by atomic mass is 10.2. The third-order valence-corrected chi connectivity index (χ3v) is 3.97. The molecule has 1 aromatic heterocycles. The Morgan fingerprint density at radius 3 is 2.38 bits per heavy atom. The largest absolute Gasteiger partial charge is 0.451 e. The van der Waals surface area contributed by atoms with E-state index in [0.29, 0.717) is 22.6 Å². The van der Waals surface area contributed by atoms with E-state index in [2.05, 4.69) is 10.6 Å². The highest BCUT2D eigenvalue weighted by molar-refractivity contribution is 6.34. The van der Waals surface area contributed by atoms with E-state index >= 15 is 0 Å². The van der Waals surface area contributed by atoms with Gasteiger partial charge in [0, 0.05) is 18.3 Å². The van der Waals surface area contributed by atoms with Crippen molar-refractivity contribution in [1.82, 2.24) is 5.32 Å². The first-order chi connectivity index (χ1) is 12.5. The molecule has 0 fully saturated rings. The summed E-state index contributed by atoms with van der Waals surface area (Å²) in [7, 11) is 1.50. The second-order valence-electron chi connectivity index (χ2n) is 5.40. The fourth-order valence-corrected chi connectivity index (χ4v) is 2.60. The molecule has 26 heavy (non-hydrogen) atoms. The first-order valence-electron chi connectivity index (χ1n) is 7.66. The summed E-state index contributed by atoms with van der Waals surface area (Å²) in [4.78, 5) is 23.9. The number of carbonyl (C=O) groups excluding carboxylic acids is 2. The molecule has 0 aliphatic rings. The molecule has 1 heterocycles. The van der Waals surface area contributed by atoms with Gasteiger partial charge in [0.05, 0.1) is 10.6 Å². The molecule has 0 bridgehead atoms. The Kier molecular flexibility index (Phi) is 5.04. The molecular weight excluding hydrogens is 359 g/mol. The summed E-state index contributed by atoms with van der Waals surface area (Å²) in [6.07, 6.45) is 0. The van der Waals surface area contributed by atoms with Crippen LogP contribution < -0.4 is 10.6 Å². The summed E-state index contributed by atoms with van der Waals surface area (Å²) in [5.74, 6) is -0.598. The van der Waals surface area contributed by atoms with E-state index in [4.69, 9.17) is 16.0 Å². The van der Waals surface area contributed by atoms with Crippen molar-refractivity contribution in [3.8, 4) is 11.3 Å². The van der Waals surface area contributed by atoms with E-state index in [-0.39, 0.29) is 22.5 Å². The zero-order chi connectivity index (χ0) is 18.7. The van der Waals surface area contributed by atoms with Gasteiger partial charge in [-0.1, -0.05) is 11.6 Å². The number of rotatable bonds is 4. The van der Waals surface area contributed by atoms with Crippen molar-refractivity contribution in [2.75, 3.05) is 12.4 Å². The molecule has 0 unspecified atom stereocenters. The number of nitrogens with one attached hydrogen (secondary N) is 2. The third-order valence-electron chi connectivity index (χ3n) is 3.66. The van der Waals surface area contributed by atoms with Crippen LogP contribution in [0, 0.1) is 5.82 Å². The second-order valence-corrected chi connectivity index (χ2v) is 5.81. The van der Waals surface area contributed by atoms with Gasteiger partial charge in [-0.3, -0.25) is 9.59 Å². The quantitative estimate of drug-likeness (QED) is 0.715. The van der Waals surface area contributed by atoms with Gasteiger partial charge in [-0.05, 0) is 54.6 Å². The molecule has 0 saturated carbocycles. The van der Waals surface area contributed by atoms with Gasteiger partial charge >= 0.3 is 0 Å². The normalized spacial score (nSPS) is 10.4. The number of hydrogen-bond acceptors (Lipinski definition) is 3. The molecule has 0 spiro atoms. The molecule has 0 radical (unpaired) electrons. The molecule has 0 saturated heterocycles. The van der Waals surface area contributed by atoms with Crippen molar-refractivity contribution in [3.63, 3.8) is 0 Å². The number of furan rings is 1. The fraction of sp³-hybridized carbons (Fsp3) is 0.0526. The van der Waals surface area contributed by atoms with Gasteiger partial charge in [-0.25, -0.2) is 4.39 Å². The maximum atomic E-state index is 13.0. The van der Waals surface area contributed by atoms with E-state index < -0.39 is 5.91 Å². The van der Waals surface area contributed by atoms with Gasteiger partial charge in [0.2, 0.25) is 0 Å². The Morgan fingerprint density at radius 1 is 1.00 bits per heavy atom. The summed E-state index contributed by atoms with van der Waals surface area (Å²) < 4.78 is 18.5. The van der Waals surface area contributed by atoms with Crippen LogP contribution >= 0.6 is 11.6 Å². The Balaban J connectivity index is 1.75. The van der Waals surface area contributed by atoms with Crippen LogP contribution in [-0.4, -0.2) is 18.9 Å². The number of anilines is 1. The SMILES string of the molecule is CNC(=O)c1ccc(NC(=O)c2ccc(-c3ccc(F)cc3)o2)cc1Cl. The van der Waals surface area contributed by atoms with Gasteiger partial charge in [0.1, 0.15) is 11.6 Å². The molecule has 2 N–H and O–H groups in total. The van der Waals surface area contributed by atoms with Crippen molar-refractivity contribution >= 4 is 29.1 Å². The Bertz CT molecular complexity index is 967. The van der Waals surface area contributed by atoms with E-state index in [1.54, 1.807) is 24.3 Å². The first-order valence-corrected chi connectivity index (χ1v) is 8.04. The van der Waals surface area contributed by atoms with E-state index in [1.807, 2.05) is 0 Å². The molecule has 3 aromatic rings. The Morgan fingerprint density at radius 2 is 1.73 bits per heavy atom. The first kappa shape index (κ1) is 17.7. The average molecular weight is 373 g/mol. The number of carbonyl (C=O) groups is 2. The van der Waals surface area contributed by atoms with Gasteiger partial charge in [-0.15, -0.1) is 0 Å². The van der Waals surface area contributed by atoms with Crippen LogP contribution in [0.4, 0.5) is 10.1 Å². The Hall–Kier alpha value is -3.12. The molecular formula is C19H14ClFN2O3. The number of benzene rings is 2. The molecule has 2 amide bonds. The minimum absolute atomic E-state index is 0.0934. The number of amides is 2. The molecule has 3 rings (SSSR count). The Labute approximate surface area is 153 Å². The predicted molar refractivity (Wildman–Crippen MR) is 96.9 cm³/mol. The maximum absolute atomic E-state index is 13.0. The van der Waals surface area contributed by atoms with Crippen LogP contribution in [0.1, 0.15) is 20.9 Å². The van der Waals surface area contributed by atoms with Crippen molar-refractivity contribution in [3.05, 3.63) is 76.8 Å². The summed E-state index contributed by atoms with van der Waals surface area (Å²) in [6.45, 7) is 0. The molecule has 7 heteroatoms. The van der Waals surface area contributed by atoms with Gasteiger partial charge in [0.15, 0.2) is 5.76 Å². The van der Waals surface area contributed by atoms with Crippen LogP contribution in [0.15, 0.2) is 59.0 Å². The number of hydrogen-bond donors (Lipinski definition) is 2. The lowest BCUT2D eigenvalue weighted by molar-refractivity contribution is 0.0962. The standard InChI is InChI=1S/C19H14ClFN2O3/c1-22-18(24)14-7-6-13(10-15(14)20)23-19(25)17-9-8-16(26-17)11-2-4-12(21)5-3-11/h2-10H,1H3,(H,22,24)(H,23,25). The summed E-state index contributed by atoms with van der Waals surface area (Å²) in [6, 6.07) is 13.5. The lowest BCUT2D eigenvalue weighted by Crippen LogP contribution is -2.18. The van der Waals surface area contributed by atoms with Crippen molar-refractivity contribution < 1.29 is 18.4 Å². The maximum Gasteiger partial charge on any atom is 0.291 e. The van der Waals surface area contributed by atoms with Gasteiger partial charge < -0.3 is 15.1 Å². The van der Waals surface area contributed by atoms with E-state index in [0.717, 1.165) is 0 Å². The van der Waals surface area contributed by atoms with Gasteiger partial charge in [-0.2, -0.15) is 0 Å². The monoisotopic (exact) mass is 372 g/mol. The molecule has 0 aliphatic carbocycles. The van der Waals surface area contributed by atoms with E-state index in [9.17, 15) is 14.0 Å². The summed E-state index contributed by atoms with van der Waals surface area (Å²) in [5.41, 5.74) is 1.39. The van der Waals surface area contributed by atoms with Crippen LogP contribution in [-0.2, 0) is 0 Å². The van der Waals surface area contributed by atoms with E-state index in [1.165, 1.54) is 37.4 Å². The summed E-state index contributed by atoms with van der Waals surface area (Å²) >= 11 is 6.06. The molecule has 0 aliphatic heterocycles. The predicted octanol–water partition coefficient (Wildman–Crippen LogP) is 4.35. The minimum Gasteiger partial charge on any atom is -0.451 e. The topological polar surface area (TPSA) is 71.3 Å². The highest BCUT2D eigenvalue weighted by Gasteiger charge is 2.14. The average Bonchev–Trinajstić information content (AvgIpc) is 3.12.